The quantitative estimate of drug-likeness (QED) is 0.768. The van der Waals surface area contributed by atoms with Crippen LogP contribution in [-0.2, 0) is 6.54 Å². The lowest BCUT2D eigenvalue weighted by Crippen LogP contribution is -2.24. The molecule has 1 aliphatic rings. The Kier molecular flexibility index (Phi) is 3.57. The van der Waals surface area contributed by atoms with E-state index in [1.165, 1.54) is 44.3 Å². The zero-order chi connectivity index (χ0) is 9.64. The van der Waals surface area contributed by atoms with Crippen LogP contribution in [0.3, 0.4) is 0 Å². The van der Waals surface area contributed by atoms with Crippen LogP contribution in [0.2, 0.25) is 0 Å². The molecule has 2 N–H and O–H groups in total. The van der Waals surface area contributed by atoms with Crippen LogP contribution >= 0.6 is 0 Å². The first-order chi connectivity index (χ1) is 6.95. The van der Waals surface area contributed by atoms with Crippen molar-refractivity contribution in [3.05, 3.63) is 18.0 Å². The van der Waals surface area contributed by atoms with Gasteiger partial charge in [-0.05, 0) is 31.4 Å². The number of aromatic nitrogens is 2. The highest BCUT2D eigenvalue weighted by atomic mass is 15.1. The van der Waals surface area contributed by atoms with Crippen LogP contribution in [0.5, 0.6) is 0 Å². The van der Waals surface area contributed by atoms with Crippen molar-refractivity contribution < 1.29 is 0 Å². The number of hydrogen-bond donors (Lipinski definition) is 2. The molecule has 0 spiro atoms. The molecular formula is C11H19N3. The van der Waals surface area contributed by atoms with Crippen molar-refractivity contribution in [2.45, 2.75) is 38.6 Å². The Hall–Kier alpha value is -0.830. The molecule has 14 heavy (non-hydrogen) atoms. The van der Waals surface area contributed by atoms with Gasteiger partial charge in [0.05, 0.1) is 0 Å². The van der Waals surface area contributed by atoms with Crippen LogP contribution in [0.4, 0.5) is 0 Å². The second-order valence-electron chi connectivity index (χ2n) is 4.22. The van der Waals surface area contributed by atoms with Crippen molar-refractivity contribution in [2.75, 3.05) is 6.54 Å². The Morgan fingerprint density at radius 3 is 2.93 bits per heavy atom. The Balaban J connectivity index is 1.62. The van der Waals surface area contributed by atoms with E-state index in [2.05, 4.69) is 15.5 Å². The monoisotopic (exact) mass is 193 g/mol. The molecular weight excluding hydrogens is 174 g/mol. The maximum absolute atomic E-state index is 3.92. The first-order valence-corrected chi connectivity index (χ1v) is 5.64. The molecule has 0 bridgehead atoms. The summed E-state index contributed by atoms with van der Waals surface area (Å²) in [6.45, 7) is 2.09. The first-order valence-electron chi connectivity index (χ1n) is 5.64. The lowest BCUT2D eigenvalue weighted by molar-refractivity contribution is 0.341. The predicted octanol–water partition coefficient (Wildman–Crippen LogP) is 2.08. The van der Waals surface area contributed by atoms with Crippen molar-refractivity contribution in [1.82, 2.24) is 15.5 Å². The third-order valence-corrected chi connectivity index (χ3v) is 3.03. The van der Waals surface area contributed by atoms with E-state index >= 15 is 0 Å². The van der Waals surface area contributed by atoms with Crippen molar-refractivity contribution in [3.8, 4) is 0 Å². The molecule has 1 fully saturated rings. The second kappa shape index (κ2) is 5.15. The standard InChI is InChI=1S/C11H19N3/c1-2-4-10(5-3-1)8-12-9-11-6-7-13-14-11/h6-7,10,12H,1-5,8-9H2,(H,13,14). The number of nitrogens with zero attached hydrogens (tertiary/aromatic N) is 1. The first kappa shape index (κ1) is 9.71. The Bertz CT molecular complexity index is 237. The molecule has 1 saturated carbocycles. The maximum Gasteiger partial charge on any atom is 0.0490 e. The Morgan fingerprint density at radius 2 is 2.21 bits per heavy atom. The molecule has 3 nitrogen and oxygen atoms in total. The largest absolute Gasteiger partial charge is 0.311 e. The normalized spacial score (nSPS) is 18.6. The molecule has 0 unspecified atom stereocenters. The molecule has 0 aromatic carbocycles. The molecule has 0 radical (unpaired) electrons. The van der Waals surface area contributed by atoms with E-state index in [4.69, 9.17) is 0 Å². The third-order valence-electron chi connectivity index (χ3n) is 3.03. The molecule has 1 aromatic rings. The van der Waals surface area contributed by atoms with E-state index in [1.54, 1.807) is 6.20 Å². The zero-order valence-corrected chi connectivity index (χ0v) is 8.63. The van der Waals surface area contributed by atoms with E-state index in [9.17, 15) is 0 Å². The minimum absolute atomic E-state index is 0.909. The van der Waals surface area contributed by atoms with Gasteiger partial charge in [0.25, 0.3) is 0 Å². The Labute approximate surface area is 85.3 Å². The summed E-state index contributed by atoms with van der Waals surface area (Å²) >= 11 is 0. The molecule has 1 heterocycles. The summed E-state index contributed by atoms with van der Waals surface area (Å²) in [5, 5.41) is 10.4. The third kappa shape index (κ3) is 2.84. The minimum Gasteiger partial charge on any atom is -0.311 e. The SMILES string of the molecule is c1cc(CNCC2CCCCC2)[nH]n1. The molecule has 0 saturated heterocycles. The second-order valence-corrected chi connectivity index (χ2v) is 4.22. The fourth-order valence-electron chi connectivity index (χ4n) is 2.19. The van der Waals surface area contributed by atoms with Gasteiger partial charge in [0.15, 0.2) is 0 Å². The summed E-state index contributed by atoms with van der Waals surface area (Å²) in [6.07, 6.45) is 8.92. The van der Waals surface area contributed by atoms with Gasteiger partial charge in [-0.15, -0.1) is 0 Å². The molecule has 1 aromatic heterocycles. The number of nitrogens with one attached hydrogen (secondary N) is 2. The molecule has 1 aliphatic carbocycles. The van der Waals surface area contributed by atoms with Gasteiger partial charge in [-0.25, -0.2) is 0 Å². The maximum atomic E-state index is 3.92. The van der Waals surface area contributed by atoms with E-state index in [1.807, 2.05) is 6.07 Å². The average Bonchev–Trinajstić information content (AvgIpc) is 2.72. The fraction of sp³-hybridized carbons (Fsp3) is 0.727. The summed E-state index contributed by atoms with van der Waals surface area (Å²) in [6, 6.07) is 2.02. The van der Waals surface area contributed by atoms with Crippen LogP contribution in [-0.4, -0.2) is 16.7 Å². The van der Waals surface area contributed by atoms with E-state index in [0.717, 1.165) is 12.5 Å². The highest BCUT2D eigenvalue weighted by Crippen LogP contribution is 2.22. The van der Waals surface area contributed by atoms with Crippen molar-refractivity contribution in [2.24, 2.45) is 5.92 Å². The number of aromatic amines is 1. The van der Waals surface area contributed by atoms with Crippen LogP contribution in [0.1, 0.15) is 37.8 Å². The molecule has 2 rings (SSSR count). The summed E-state index contributed by atoms with van der Waals surface area (Å²) in [7, 11) is 0. The van der Waals surface area contributed by atoms with E-state index in [-0.39, 0.29) is 0 Å². The highest BCUT2D eigenvalue weighted by Gasteiger charge is 2.12. The Morgan fingerprint density at radius 1 is 1.36 bits per heavy atom. The van der Waals surface area contributed by atoms with Gasteiger partial charge in [0, 0.05) is 18.4 Å². The topological polar surface area (TPSA) is 40.7 Å². The summed E-state index contributed by atoms with van der Waals surface area (Å²) in [4.78, 5) is 0. The van der Waals surface area contributed by atoms with Gasteiger partial charge in [0.2, 0.25) is 0 Å². The smallest absolute Gasteiger partial charge is 0.0490 e. The van der Waals surface area contributed by atoms with Gasteiger partial charge in [-0.3, -0.25) is 5.10 Å². The molecule has 78 valence electrons. The van der Waals surface area contributed by atoms with Crippen LogP contribution < -0.4 is 5.32 Å². The van der Waals surface area contributed by atoms with Gasteiger partial charge in [-0.2, -0.15) is 5.10 Å². The predicted molar refractivity (Wildman–Crippen MR) is 56.9 cm³/mol. The number of hydrogen-bond acceptors (Lipinski definition) is 2. The van der Waals surface area contributed by atoms with Crippen LogP contribution in [0.15, 0.2) is 12.3 Å². The average molecular weight is 193 g/mol. The molecule has 0 atom stereocenters. The minimum atomic E-state index is 0.909. The van der Waals surface area contributed by atoms with E-state index < -0.39 is 0 Å². The summed E-state index contributed by atoms with van der Waals surface area (Å²) < 4.78 is 0. The number of rotatable bonds is 4. The zero-order valence-electron chi connectivity index (χ0n) is 8.63. The molecule has 0 aliphatic heterocycles. The van der Waals surface area contributed by atoms with Gasteiger partial charge < -0.3 is 5.32 Å². The lowest BCUT2D eigenvalue weighted by atomic mass is 9.89. The summed E-state index contributed by atoms with van der Waals surface area (Å²) in [5.41, 5.74) is 1.18. The lowest BCUT2D eigenvalue weighted by Gasteiger charge is -2.21. The van der Waals surface area contributed by atoms with Crippen molar-refractivity contribution in [1.29, 1.82) is 0 Å². The van der Waals surface area contributed by atoms with Gasteiger partial charge in [-0.1, -0.05) is 19.3 Å². The van der Waals surface area contributed by atoms with Crippen LogP contribution in [0, 0.1) is 5.92 Å². The van der Waals surface area contributed by atoms with Crippen molar-refractivity contribution >= 4 is 0 Å². The summed E-state index contributed by atoms with van der Waals surface area (Å²) in [5.74, 6) is 0.909. The number of H-pyrrole nitrogens is 1. The highest BCUT2D eigenvalue weighted by molar-refractivity contribution is 4.96. The van der Waals surface area contributed by atoms with Crippen LogP contribution in [0.25, 0.3) is 0 Å². The fourth-order valence-corrected chi connectivity index (χ4v) is 2.19. The van der Waals surface area contributed by atoms with Gasteiger partial charge in [0.1, 0.15) is 0 Å². The molecule has 3 heteroatoms. The van der Waals surface area contributed by atoms with Crippen molar-refractivity contribution in [3.63, 3.8) is 0 Å². The van der Waals surface area contributed by atoms with Gasteiger partial charge >= 0.3 is 0 Å². The molecule has 0 amide bonds. The van der Waals surface area contributed by atoms with E-state index in [0.29, 0.717) is 0 Å².